The lowest BCUT2D eigenvalue weighted by Gasteiger charge is -2.10. The number of hydrogen-bond donors (Lipinski definition) is 1. The lowest BCUT2D eigenvalue weighted by molar-refractivity contribution is 0.174. The van der Waals surface area contributed by atoms with Crippen LogP contribution in [-0.2, 0) is 13.0 Å². The minimum atomic E-state index is -0.624. The Morgan fingerprint density at radius 3 is 2.78 bits per heavy atom. The third kappa shape index (κ3) is 2.44. The number of aliphatic hydroxyl groups is 1. The third-order valence-corrected chi connectivity index (χ3v) is 3.47. The Labute approximate surface area is 111 Å². The van der Waals surface area contributed by atoms with Crippen LogP contribution in [0.1, 0.15) is 35.7 Å². The molecule has 1 unspecified atom stereocenters. The van der Waals surface area contributed by atoms with Crippen LogP contribution in [0.15, 0.2) is 16.7 Å². The maximum atomic E-state index is 10.2. The Kier molecular flexibility index (Phi) is 3.78. The van der Waals surface area contributed by atoms with Crippen LogP contribution in [0.5, 0.6) is 0 Å². The molecule has 2 aromatic rings. The van der Waals surface area contributed by atoms with Gasteiger partial charge in [0.25, 0.3) is 0 Å². The Bertz CT molecular complexity index is 545. The second kappa shape index (κ2) is 5.16. The minimum Gasteiger partial charge on any atom is -0.469 e. The van der Waals surface area contributed by atoms with E-state index in [0.29, 0.717) is 11.4 Å². The first-order valence-electron chi connectivity index (χ1n) is 5.97. The summed E-state index contributed by atoms with van der Waals surface area (Å²) in [4.78, 5) is 0. The minimum absolute atomic E-state index is 0.437. The van der Waals surface area contributed by atoms with Gasteiger partial charge in [0.15, 0.2) is 0 Å². The van der Waals surface area contributed by atoms with Crippen LogP contribution in [0, 0.1) is 13.8 Å². The summed E-state index contributed by atoms with van der Waals surface area (Å²) in [5.41, 5.74) is 2.43. The summed E-state index contributed by atoms with van der Waals surface area (Å²) < 4.78 is 7.03. The normalized spacial score (nSPS) is 12.9. The van der Waals surface area contributed by atoms with Gasteiger partial charge in [-0.25, -0.2) is 0 Å². The molecule has 0 aliphatic rings. The third-order valence-electron chi connectivity index (χ3n) is 2.98. The van der Waals surface area contributed by atoms with Crippen molar-refractivity contribution in [3.63, 3.8) is 0 Å². The van der Waals surface area contributed by atoms with Crippen LogP contribution in [0.25, 0.3) is 0 Å². The zero-order chi connectivity index (χ0) is 13.3. The van der Waals surface area contributed by atoms with Crippen molar-refractivity contribution in [2.45, 2.75) is 39.8 Å². The van der Waals surface area contributed by atoms with E-state index in [1.807, 2.05) is 31.5 Å². The molecule has 98 valence electrons. The molecule has 18 heavy (non-hydrogen) atoms. The summed E-state index contributed by atoms with van der Waals surface area (Å²) in [7, 11) is 0. The number of hydrogen-bond acceptors (Lipinski definition) is 3. The maximum Gasteiger partial charge on any atom is 0.101 e. The molecule has 0 saturated carbocycles. The Balaban J connectivity index is 2.23. The highest BCUT2D eigenvalue weighted by molar-refractivity contribution is 6.31. The van der Waals surface area contributed by atoms with Gasteiger partial charge in [0.1, 0.15) is 5.76 Å². The quantitative estimate of drug-likeness (QED) is 0.927. The Morgan fingerprint density at radius 1 is 1.50 bits per heavy atom. The molecule has 5 heteroatoms. The first kappa shape index (κ1) is 13.2. The fourth-order valence-electron chi connectivity index (χ4n) is 2.00. The van der Waals surface area contributed by atoms with E-state index in [0.717, 1.165) is 29.3 Å². The van der Waals surface area contributed by atoms with Crippen molar-refractivity contribution in [1.82, 2.24) is 9.78 Å². The molecule has 0 spiro atoms. The molecule has 0 aliphatic carbocycles. The molecule has 1 atom stereocenters. The van der Waals surface area contributed by atoms with Gasteiger partial charge in [0, 0.05) is 18.5 Å². The second-order valence-corrected chi connectivity index (χ2v) is 4.75. The van der Waals surface area contributed by atoms with Crippen molar-refractivity contribution in [3.05, 3.63) is 40.1 Å². The number of rotatable bonds is 4. The van der Waals surface area contributed by atoms with E-state index >= 15 is 0 Å². The lowest BCUT2D eigenvalue weighted by atomic mass is 10.1. The average molecular weight is 269 g/mol. The van der Waals surface area contributed by atoms with Crippen molar-refractivity contribution < 1.29 is 9.52 Å². The van der Waals surface area contributed by atoms with Gasteiger partial charge < -0.3 is 9.52 Å². The molecule has 4 nitrogen and oxygen atoms in total. The number of nitrogens with zero attached hydrogens (tertiary/aromatic N) is 2. The molecule has 0 amide bonds. The van der Waals surface area contributed by atoms with Gasteiger partial charge in [-0.05, 0) is 26.8 Å². The number of aryl methyl sites for hydroxylation is 3. The van der Waals surface area contributed by atoms with Gasteiger partial charge >= 0.3 is 0 Å². The predicted octanol–water partition coefficient (Wildman–Crippen LogP) is 3.04. The van der Waals surface area contributed by atoms with Gasteiger partial charge in [0.2, 0.25) is 0 Å². The lowest BCUT2D eigenvalue weighted by Crippen LogP contribution is -2.08. The topological polar surface area (TPSA) is 51.2 Å². The van der Waals surface area contributed by atoms with Crippen molar-refractivity contribution in [3.8, 4) is 0 Å². The van der Waals surface area contributed by atoms with E-state index in [2.05, 4.69) is 5.10 Å². The van der Waals surface area contributed by atoms with E-state index in [9.17, 15) is 5.11 Å². The van der Waals surface area contributed by atoms with Crippen molar-refractivity contribution in [2.75, 3.05) is 0 Å². The average Bonchev–Trinajstić information content (AvgIpc) is 2.88. The monoisotopic (exact) mass is 268 g/mol. The fourth-order valence-corrected chi connectivity index (χ4v) is 2.22. The van der Waals surface area contributed by atoms with Crippen LogP contribution < -0.4 is 0 Å². The second-order valence-electron chi connectivity index (χ2n) is 4.37. The molecule has 2 aromatic heterocycles. The first-order chi connectivity index (χ1) is 8.52. The molecule has 0 saturated heterocycles. The number of halogens is 1. The molecule has 0 aromatic carbocycles. The molecule has 0 fully saturated rings. The highest BCUT2D eigenvalue weighted by atomic mass is 35.5. The van der Waals surface area contributed by atoms with Crippen LogP contribution in [0.4, 0.5) is 0 Å². The largest absolute Gasteiger partial charge is 0.469 e. The molecule has 0 bridgehead atoms. The Morgan fingerprint density at radius 2 is 2.22 bits per heavy atom. The van der Waals surface area contributed by atoms with Crippen LogP contribution in [0.2, 0.25) is 5.02 Å². The van der Waals surface area contributed by atoms with Crippen molar-refractivity contribution in [1.29, 1.82) is 0 Å². The molecule has 0 aliphatic heterocycles. The van der Waals surface area contributed by atoms with Gasteiger partial charge in [-0.2, -0.15) is 5.10 Å². The summed E-state index contributed by atoms with van der Waals surface area (Å²) in [5, 5.41) is 15.1. The summed E-state index contributed by atoms with van der Waals surface area (Å²) in [6.07, 6.45) is 1.39. The van der Waals surface area contributed by atoms with Gasteiger partial charge in [-0.3, -0.25) is 4.68 Å². The van der Waals surface area contributed by atoms with E-state index in [-0.39, 0.29) is 0 Å². The Hall–Kier alpha value is -1.26. The number of aliphatic hydroxyl groups excluding tert-OH is 1. The zero-order valence-electron chi connectivity index (χ0n) is 10.8. The van der Waals surface area contributed by atoms with Crippen LogP contribution in [0.3, 0.4) is 0 Å². The van der Waals surface area contributed by atoms with E-state index in [1.165, 1.54) is 0 Å². The van der Waals surface area contributed by atoms with Crippen LogP contribution in [-0.4, -0.2) is 14.9 Å². The summed E-state index contributed by atoms with van der Waals surface area (Å²) in [6, 6.07) is 1.83. The molecule has 2 rings (SSSR count). The number of furan rings is 1. The predicted molar refractivity (Wildman–Crippen MR) is 69.8 cm³/mol. The van der Waals surface area contributed by atoms with E-state index in [1.54, 1.807) is 6.26 Å². The highest BCUT2D eigenvalue weighted by Gasteiger charge is 2.18. The molecular weight excluding hydrogens is 252 g/mol. The molecule has 1 N–H and O–H groups in total. The zero-order valence-corrected chi connectivity index (χ0v) is 11.5. The van der Waals surface area contributed by atoms with Crippen LogP contribution >= 0.6 is 11.6 Å². The molecular formula is C13H17ClN2O2. The standard InChI is InChI=1S/C13H17ClN2O2/c1-4-16-11(13(14)9(3)15-16)6-12(17)10-5-8(2)18-7-10/h5,7,12,17H,4,6H2,1-3H3. The first-order valence-corrected chi connectivity index (χ1v) is 6.35. The van der Waals surface area contributed by atoms with Gasteiger partial charge in [0.05, 0.1) is 28.8 Å². The number of aromatic nitrogens is 2. The van der Waals surface area contributed by atoms with Gasteiger partial charge in [-0.15, -0.1) is 0 Å². The summed E-state index contributed by atoms with van der Waals surface area (Å²) >= 11 is 6.21. The van der Waals surface area contributed by atoms with Crippen molar-refractivity contribution in [2.24, 2.45) is 0 Å². The maximum absolute atomic E-state index is 10.2. The smallest absolute Gasteiger partial charge is 0.101 e. The van der Waals surface area contributed by atoms with Gasteiger partial charge in [-0.1, -0.05) is 11.6 Å². The summed E-state index contributed by atoms with van der Waals surface area (Å²) in [5.74, 6) is 0.787. The van der Waals surface area contributed by atoms with E-state index < -0.39 is 6.10 Å². The fraction of sp³-hybridized carbons (Fsp3) is 0.462. The molecule has 0 radical (unpaired) electrons. The SMILES string of the molecule is CCn1nc(C)c(Cl)c1CC(O)c1coc(C)c1. The molecule has 2 heterocycles. The van der Waals surface area contributed by atoms with E-state index in [4.69, 9.17) is 16.0 Å². The highest BCUT2D eigenvalue weighted by Crippen LogP contribution is 2.26. The summed E-state index contributed by atoms with van der Waals surface area (Å²) in [6.45, 7) is 6.46. The van der Waals surface area contributed by atoms with Crippen molar-refractivity contribution >= 4 is 11.6 Å².